The molecule has 2 heteroatoms. The van der Waals surface area contributed by atoms with Gasteiger partial charge < -0.3 is 4.72 Å². The van der Waals surface area contributed by atoms with E-state index in [4.69, 9.17) is 0 Å². The van der Waals surface area contributed by atoms with Gasteiger partial charge in [0, 0.05) is 10.6 Å². The molecule has 2 aromatic carbocycles. The van der Waals surface area contributed by atoms with Crippen molar-refractivity contribution in [3.05, 3.63) is 60.2 Å². The molecule has 0 unspecified atom stereocenters. The Kier molecular flexibility index (Phi) is 5.15. The van der Waals surface area contributed by atoms with Crippen molar-refractivity contribution in [1.29, 1.82) is 0 Å². The number of hydrogen-bond donors (Lipinski definition) is 1. The number of anilines is 1. The maximum absolute atomic E-state index is 3.39. The van der Waals surface area contributed by atoms with Crippen molar-refractivity contribution in [2.75, 3.05) is 4.72 Å². The molecular weight excluding hydrogens is 238 g/mol. The van der Waals surface area contributed by atoms with Gasteiger partial charge in [0.15, 0.2) is 0 Å². The Morgan fingerprint density at radius 2 is 1.67 bits per heavy atom. The fourth-order valence-corrected chi connectivity index (χ4v) is 2.61. The first-order valence-electron chi connectivity index (χ1n) is 6.46. The average molecular weight is 257 g/mol. The first-order valence-corrected chi connectivity index (χ1v) is 7.27. The van der Waals surface area contributed by atoms with Crippen LogP contribution in [0.15, 0.2) is 59.5 Å². The molecule has 0 heterocycles. The minimum absolute atomic E-state index is 1.15. The zero-order valence-corrected chi connectivity index (χ0v) is 11.5. The van der Waals surface area contributed by atoms with Gasteiger partial charge in [-0.05, 0) is 48.6 Å². The quantitative estimate of drug-likeness (QED) is 0.718. The Morgan fingerprint density at radius 1 is 0.944 bits per heavy atom. The third kappa shape index (κ3) is 3.81. The maximum Gasteiger partial charge on any atom is 0.0443 e. The smallest absolute Gasteiger partial charge is 0.0443 e. The van der Waals surface area contributed by atoms with Crippen molar-refractivity contribution in [3.63, 3.8) is 0 Å². The predicted molar refractivity (Wildman–Crippen MR) is 81.0 cm³/mol. The van der Waals surface area contributed by atoms with Crippen LogP contribution in [0.25, 0.3) is 0 Å². The van der Waals surface area contributed by atoms with Crippen LogP contribution < -0.4 is 4.72 Å². The number of aryl methyl sites for hydroxylation is 1. The van der Waals surface area contributed by atoms with E-state index < -0.39 is 0 Å². The summed E-state index contributed by atoms with van der Waals surface area (Å²) in [7, 11) is 0. The van der Waals surface area contributed by atoms with Crippen LogP contribution in [-0.4, -0.2) is 0 Å². The summed E-state index contributed by atoms with van der Waals surface area (Å²) >= 11 is 1.70. The molecule has 0 saturated heterocycles. The molecular formula is C16H19NS. The molecule has 0 amide bonds. The van der Waals surface area contributed by atoms with Crippen LogP contribution in [0.1, 0.15) is 25.3 Å². The number of benzene rings is 2. The van der Waals surface area contributed by atoms with Gasteiger partial charge in [0.2, 0.25) is 0 Å². The van der Waals surface area contributed by atoms with Crippen molar-refractivity contribution < 1.29 is 0 Å². The van der Waals surface area contributed by atoms with Crippen molar-refractivity contribution >= 4 is 17.6 Å². The number of unbranched alkanes of at least 4 members (excludes halogenated alkanes) is 1. The highest BCUT2D eigenvalue weighted by molar-refractivity contribution is 8.00. The van der Waals surface area contributed by atoms with E-state index in [0.717, 1.165) is 12.1 Å². The van der Waals surface area contributed by atoms with Crippen LogP contribution in [0.5, 0.6) is 0 Å². The molecule has 0 aliphatic heterocycles. The molecule has 0 aliphatic rings. The molecule has 0 aliphatic carbocycles. The molecule has 94 valence electrons. The van der Waals surface area contributed by atoms with Crippen molar-refractivity contribution in [2.24, 2.45) is 0 Å². The highest BCUT2D eigenvalue weighted by Crippen LogP contribution is 2.25. The van der Waals surface area contributed by atoms with E-state index >= 15 is 0 Å². The fraction of sp³-hybridized carbons (Fsp3) is 0.250. The third-order valence-electron chi connectivity index (χ3n) is 2.82. The molecule has 0 radical (unpaired) electrons. The maximum atomic E-state index is 3.39. The van der Waals surface area contributed by atoms with Gasteiger partial charge in [0.25, 0.3) is 0 Å². The molecule has 0 saturated carbocycles. The Hall–Kier alpha value is -1.41. The van der Waals surface area contributed by atoms with E-state index in [0.29, 0.717) is 0 Å². The highest BCUT2D eigenvalue weighted by Gasteiger charge is 2.02. The summed E-state index contributed by atoms with van der Waals surface area (Å²) < 4.78 is 3.39. The van der Waals surface area contributed by atoms with Gasteiger partial charge in [0.05, 0.1) is 0 Å². The van der Waals surface area contributed by atoms with Crippen LogP contribution >= 0.6 is 11.9 Å². The Morgan fingerprint density at radius 3 is 2.44 bits per heavy atom. The van der Waals surface area contributed by atoms with E-state index in [1.807, 2.05) is 18.2 Å². The SMILES string of the molecule is CCCCc1ccccc1SNc1ccccc1. The minimum Gasteiger partial charge on any atom is -0.326 e. The van der Waals surface area contributed by atoms with Gasteiger partial charge in [0.1, 0.15) is 0 Å². The van der Waals surface area contributed by atoms with Crippen molar-refractivity contribution in [3.8, 4) is 0 Å². The van der Waals surface area contributed by atoms with Gasteiger partial charge >= 0.3 is 0 Å². The van der Waals surface area contributed by atoms with Crippen LogP contribution in [0.4, 0.5) is 5.69 Å². The van der Waals surface area contributed by atoms with Crippen molar-refractivity contribution in [2.45, 2.75) is 31.1 Å². The number of hydrogen-bond acceptors (Lipinski definition) is 2. The van der Waals surface area contributed by atoms with E-state index in [1.54, 1.807) is 11.9 Å². The Bertz CT molecular complexity index is 468. The fourth-order valence-electron chi connectivity index (χ4n) is 1.80. The summed E-state index contributed by atoms with van der Waals surface area (Å²) in [5, 5.41) is 0. The lowest BCUT2D eigenvalue weighted by atomic mass is 10.1. The van der Waals surface area contributed by atoms with E-state index in [2.05, 4.69) is 48.0 Å². The summed E-state index contributed by atoms with van der Waals surface area (Å²) in [6.45, 7) is 2.23. The molecule has 18 heavy (non-hydrogen) atoms. The number of nitrogens with one attached hydrogen (secondary N) is 1. The molecule has 0 atom stereocenters. The molecule has 1 nitrogen and oxygen atoms in total. The first kappa shape index (κ1) is 13.0. The number of para-hydroxylation sites is 1. The van der Waals surface area contributed by atoms with E-state index in [9.17, 15) is 0 Å². The Labute approximate surface area is 114 Å². The molecule has 0 aromatic heterocycles. The largest absolute Gasteiger partial charge is 0.326 e. The standard InChI is InChI=1S/C16H19NS/c1-2-3-9-14-10-7-8-13-16(14)18-17-15-11-5-4-6-12-15/h4-8,10-13,17H,2-3,9H2,1H3. The monoisotopic (exact) mass is 257 g/mol. The van der Waals surface area contributed by atoms with Gasteiger partial charge in [-0.3, -0.25) is 0 Å². The summed E-state index contributed by atoms with van der Waals surface area (Å²) in [5.41, 5.74) is 2.58. The first-order chi connectivity index (χ1) is 8.90. The van der Waals surface area contributed by atoms with Gasteiger partial charge in [-0.25, -0.2) is 0 Å². The average Bonchev–Trinajstić information content (AvgIpc) is 2.45. The molecule has 2 aromatic rings. The molecule has 1 N–H and O–H groups in total. The molecule has 0 fully saturated rings. The minimum atomic E-state index is 1.15. The van der Waals surface area contributed by atoms with E-state index in [-0.39, 0.29) is 0 Å². The molecule has 0 bridgehead atoms. The third-order valence-corrected chi connectivity index (χ3v) is 3.78. The zero-order valence-electron chi connectivity index (χ0n) is 10.7. The lowest BCUT2D eigenvalue weighted by Crippen LogP contribution is -1.92. The summed E-state index contributed by atoms with van der Waals surface area (Å²) in [6.07, 6.45) is 3.66. The normalized spacial score (nSPS) is 10.3. The van der Waals surface area contributed by atoms with Crippen LogP contribution in [-0.2, 0) is 6.42 Å². The molecule has 2 rings (SSSR count). The zero-order chi connectivity index (χ0) is 12.6. The lowest BCUT2D eigenvalue weighted by molar-refractivity contribution is 0.785. The van der Waals surface area contributed by atoms with Gasteiger partial charge in [-0.15, -0.1) is 0 Å². The number of rotatable bonds is 6. The topological polar surface area (TPSA) is 12.0 Å². The van der Waals surface area contributed by atoms with Gasteiger partial charge in [-0.1, -0.05) is 49.7 Å². The van der Waals surface area contributed by atoms with Crippen molar-refractivity contribution in [1.82, 2.24) is 0 Å². The lowest BCUT2D eigenvalue weighted by Gasteiger charge is -2.10. The Balaban J connectivity index is 2.00. The predicted octanol–water partition coefficient (Wildman–Crippen LogP) is 5.15. The molecule has 0 spiro atoms. The summed E-state index contributed by atoms with van der Waals surface area (Å²) in [4.78, 5) is 1.33. The van der Waals surface area contributed by atoms with E-state index in [1.165, 1.54) is 23.3 Å². The summed E-state index contributed by atoms with van der Waals surface area (Å²) in [6, 6.07) is 18.9. The van der Waals surface area contributed by atoms with Gasteiger partial charge in [-0.2, -0.15) is 0 Å². The van der Waals surface area contributed by atoms with Crippen LogP contribution in [0.2, 0.25) is 0 Å². The van der Waals surface area contributed by atoms with Crippen LogP contribution in [0.3, 0.4) is 0 Å². The highest BCUT2D eigenvalue weighted by atomic mass is 32.2. The summed E-state index contributed by atoms with van der Waals surface area (Å²) in [5.74, 6) is 0. The second kappa shape index (κ2) is 7.12. The van der Waals surface area contributed by atoms with Crippen LogP contribution in [0, 0.1) is 0 Å². The second-order valence-electron chi connectivity index (χ2n) is 4.28. The second-order valence-corrected chi connectivity index (χ2v) is 5.13.